The molecular formula is C12H8N2O2. The van der Waals surface area contributed by atoms with Crippen molar-refractivity contribution in [1.82, 2.24) is 5.32 Å². The highest BCUT2D eigenvalue weighted by Gasteiger charge is 2.23. The van der Waals surface area contributed by atoms with Crippen LogP contribution in [0.2, 0.25) is 0 Å². The molecule has 0 radical (unpaired) electrons. The summed E-state index contributed by atoms with van der Waals surface area (Å²) in [5, 5.41) is 11.1. The van der Waals surface area contributed by atoms with Gasteiger partial charge in [0.2, 0.25) is 5.91 Å². The molecule has 4 heteroatoms. The minimum atomic E-state index is -0.377. The highest BCUT2D eigenvalue weighted by atomic mass is 16.2. The van der Waals surface area contributed by atoms with Crippen molar-refractivity contribution in [3.63, 3.8) is 0 Å². The number of rotatable bonds is 1. The van der Waals surface area contributed by atoms with Crippen LogP contribution in [0.15, 0.2) is 29.8 Å². The predicted molar refractivity (Wildman–Crippen MR) is 56.9 cm³/mol. The second-order valence-electron chi connectivity index (χ2n) is 3.42. The van der Waals surface area contributed by atoms with Crippen LogP contribution >= 0.6 is 0 Å². The maximum Gasteiger partial charge on any atom is 0.254 e. The summed E-state index contributed by atoms with van der Waals surface area (Å²) in [7, 11) is 0. The van der Waals surface area contributed by atoms with Gasteiger partial charge in [0.1, 0.15) is 0 Å². The van der Waals surface area contributed by atoms with Crippen LogP contribution in [0.5, 0.6) is 0 Å². The normalized spacial score (nSPS) is 17.3. The number of hydrogen-bond acceptors (Lipinski definition) is 3. The molecule has 0 bridgehead atoms. The fourth-order valence-corrected chi connectivity index (χ4v) is 1.53. The van der Waals surface area contributed by atoms with Crippen molar-refractivity contribution in [2.45, 2.75) is 6.42 Å². The van der Waals surface area contributed by atoms with Crippen LogP contribution in [0.4, 0.5) is 0 Å². The molecule has 1 aromatic rings. The van der Waals surface area contributed by atoms with Gasteiger partial charge in [0.05, 0.1) is 18.1 Å². The van der Waals surface area contributed by atoms with Crippen LogP contribution in [-0.4, -0.2) is 11.8 Å². The van der Waals surface area contributed by atoms with Gasteiger partial charge in [-0.3, -0.25) is 14.9 Å². The van der Waals surface area contributed by atoms with Gasteiger partial charge < -0.3 is 0 Å². The smallest absolute Gasteiger partial charge is 0.254 e. The number of nitrogens with zero attached hydrogens (tertiary/aromatic N) is 1. The van der Waals surface area contributed by atoms with E-state index < -0.39 is 0 Å². The monoisotopic (exact) mass is 212 g/mol. The number of carbonyl (C=O) groups is 2. The summed E-state index contributed by atoms with van der Waals surface area (Å²) in [6.07, 6.45) is 1.66. The minimum Gasteiger partial charge on any atom is -0.292 e. The first kappa shape index (κ1) is 10.1. The molecule has 78 valence electrons. The van der Waals surface area contributed by atoms with E-state index in [1.807, 2.05) is 6.07 Å². The molecule has 16 heavy (non-hydrogen) atoms. The Kier molecular flexibility index (Phi) is 2.52. The molecule has 1 N–H and O–H groups in total. The molecule has 4 nitrogen and oxygen atoms in total. The molecule has 1 aromatic carbocycles. The van der Waals surface area contributed by atoms with Crippen LogP contribution in [0.25, 0.3) is 6.08 Å². The van der Waals surface area contributed by atoms with Crippen LogP contribution in [0.3, 0.4) is 0 Å². The lowest BCUT2D eigenvalue weighted by molar-refractivity contribution is -0.124. The number of nitriles is 1. The van der Waals surface area contributed by atoms with Crippen molar-refractivity contribution in [2.24, 2.45) is 0 Å². The van der Waals surface area contributed by atoms with Crippen LogP contribution in [-0.2, 0) is 9.59 Å². The van der Waals surface area contributed by atoms with Crippen molar-refractivity contribution in [1.29, 1.82) is 5.26 Å². The molecule has 0 atom stereocenters. The van der Waals surface area contributed by atoms with Crippen LogP contribution < -0.4 is 5.32 Å². The first-order chi connectivity index (χ1) is 7.70. The lowest BCUT2D eigenvalue weighted by Crippen LogP contribution is -2.19. The summed E-state index contributed by atoms with van der Waals surface area (Å²) in [5.74, 6) is -0.677. The zero-order chi connectivity index (χ0) is 11.5. The van der Waals surface area contributed by atoms with Gasteiger partial charge in [-0.05, 0) is 17.7 Å². The SMILES string of the molecule is N#Cc1ccccc1/C=C1\CC(=O)NC1=O. The molecule has 0 spiro atoms. The average Bonchev–Trinajstić information content (AvgIpc) is 2.58. The van der Waals surface area contributed by atoms with Crippen LogP contribution in [0.1, 0.15) is 17.5 Å². The molecule has 1 aliphatic rings. The molecule has 1 aliphatic heterocycles. The van der Waals surface area contributed by atoms with E-state index in [-0.39, 0.29) is 18.2 Å². The minimum absolute atomic E-state index is 0.0819. The van der Waals surface area contributed by atoms with Crippen molar-refractivity contribution < 1.29 is 9.59 Å². The Balaban J connectivity index is 2.40. The summed E-state index contributed by atoms with van der Waals surface area (Å²) in [6.45, 7) is 0. The third-order valence-corrected chi connectivity index (χ3v) is 2.31. The Hall–Kier alpha value is -2.41. The number of amides is 2. The van der Waals surface area contributed by atoms with E-state index >= 15 is 0 Å². The van der Waals surface area contributed by atoms with E-state index in [4.69, 9.17) is 5.26 Å². The summed E-state index contributed by atoms with van der Waals surface area (Å²) >= 11 is 0. The molecule has 0 saturated carbocycles. The topological polar surface area (TPSA) is 70.0 Å². The molecule has 2 rings (SSSR count). The largest absolute Gasteiger partial charge is 0.292 e. The molecular weight excluding hydrogens is 204 g/mol. The third kappa shape index (κ3) is 1.84. The van der Waals surface area contributed by atoms with E-state index in [0.29, 0.717) is 16.7 Å². The highest BCUT2D eigenvalue weighted by molar-refractivity contribution is 6.15. The number of nitrogens with one attached hydrogen (secondary N) is 1. The zero-order valence-electron chi connectivity index (χ0n) is 8.36. The number of hydrogen-bond donors (Lipinski definition) is 1. The second kappa shape index (κ2) is 3.99. The van der Waals surface area contributed by atoms with Gasteiger partial charge in [0.15, 0.2) is 0 Å². The lowest BCUT2D eigenvalue weighted by Gasteiger charge is -1.97. The van der Waals surface area contributed by atoms with Gasteiger partial charge >= 0.3 is 0 Å². The zero-order valence-corrected chi connectivity index (χ0v) is 8.36. The fraction of sp³-hybridized carbons (Fsp3) is 0.0833. The molecule has 1 heterocycles. The average molecular weight is 212 g/mol. The summed E-state index contributed by atoms with van der Waals surface area (Å²) < 4.78 is 0. The van der Waals surface area contributed by atoms with Crippen molar-refractivity contribution in [3.8, 4) is 6.07 Å². The maximum atomic E-state index is 11.3. The predicted octanol–water partition coefficient (Wildman–Crippen LogP) is 0.988. The Morgan fingerprint density at radius 1 is 1.31 bits per heavy atom. The number of benzene rings is 1. The maximum absolute atomic E-state index is 11.3. The molecule has 0 aromatic heterocycles. The summed E-state index contributed by atoms with van der Waals surface area (Å²) in [4.78, 5) is 22.3. The van der Waals surface area contributed by atoms with E-state index in [2.05, 4.69) is 5.32 Å². The van der Waals surface area contributed by atoms with Gasteiger partial charge in [0, 0.05) is 5.57 Å². The van der Waals surface area contributed by atoms with E-state index in [0.717, 1.165) is 0 Å². The van der Waals surface area contributed by atoms with Gasteiger partial charge in [-0.15, -0.1) is 0 Å². The number of imide groups is 1. The van der Waals surface area contributed by atoms with Gasteiger partial charge in [-0.1, -0.05) is 18.2 Å². The van der Waals surface area contributed by atoms with Gasteiger partial charge in [-0.2, -0.15) is 5.26 Å². The molecule has 0 unspecified atom stereocenters. The number of carbonyl (C=O) groups excluding carboxylic acids is 2. The lowest BCUT2D eigenvalue weighted by atomic mass is 10.0. The highest BCUT2D eigenvalue weighted by Crippen LogP contribution is 2.17. The van der Waals surface area contributed by atoms with Gasteiger partial charge in [-0.25, -0.2) is 0 Å². The standard InChI is InChI=1S/C12H8N2O2/c13-7-9-4-2-1-3-8(9)5-10-6-11(15)14-12(10)16/h1-5H,6H2,(H,14,15,16)/b10-5+. The third-order valence-electron chi connectivity index (χ3n) is 2.31. The first-order valence-electron chi connectivity index (χ1n) is 4.74. The van der Waals surface area contributed by atoms with Gasteiger partial charge in [0.25, 0.3) is 5.91 Å². The van der Waals surface area contributed by atoms with Crippen molar-refractivity contribution in [2.75, 3.05) is 0 Å². The van der Waals surface area contributed by atoms with E-state index in [1.54, 1.807) is 30.3 Å². The Morgan fingerprint density at radius 2 is 2.06 bits per heavy atom. The Morgan fingerprint density at radius 3 is 2.69 bits per heavy atom. The first-order valence-corrected chi connectivity index (χ1v) is 4.74. The molecule has 0 aliphatic carbocycles. The Labute approximate surface area is 92.2 Å². The summed E-state index contributed by atoms with van der Waals surface area (Å²) in [6, 6.07) is 8.97. The molecule has 1 fully saturated rings. The Bertz CT molecular complexity index is 538. The fourth-order valence-electron chi connectivity index (χ4n) is 1.53. The van der Waals surface area contributed by atoms with E-state index in [9.17, 15) is 9.59 Å². The van der Waals surface area contributed by atoms with E-state index in [1.165, 1.54) is 0 Å². The molecule has 2 amide bonds. The molecule has 1 saturated heterocycles. The van der Waals surface area contributed by atoms with Crippen LogP contribution in [0, 0.1) is 11.3 Å². The summed E-state index contributed by atoms with van der Waals surface area (Å²) in [5.41, 5.74) is 1.54. The quantitative estimate of drug-likeness (QED) is 0.557. The second-order valence-corrected chi connectivity index (χ2v) is 3.42. The van der Waals surface area contributed by atoms with Crippen molar-refractivity contribution >= 4 is 17.9 Å². The van der Waals surface area contributed by atoms with Crippen molar-refractivity contribution in [3.05, 3.63) is 41.0 Å².